The van der Waals surface area contributed by atoms with Crippen molar-refractivity contribution >= 4 is 34.0 Å². The van der Waals surface area contributed by atoms with Gasteiger partial charge in [0.15, 0.2) is 5.69 Å². The van der Waals surface area contributed by atoms with Gasteiger partial charge >= 0.3 is 0 Å². The molecule has 1 heterocycles. The van der Waals surface area contributed by atoms with Gasteiger partial charge in [0.25, 0.3) is 11.5 Å². The Bertz CT molecular complexity index is 1150. The fourth-order valence-electron chi connectivity index (χ4n) is 2.98. The molecule has 0 saturated carbocycles. The van der Waals surface area contributed by atoms with Crippen LogP contribution < -0.4 is 15.7 Å². The van der Waals surface area contributed by atoms with Gasteiger partial charge in [0.05, 0.1) is 18.2 Å². The molecule has 3 rings (SSSR count). The first kappa shape index (κ1) is 20.5. The number of hydrogen-bond acceptors (Lipinski definition) is 5. The molecule has 29 heavy (non-hydrogen) atoms. The summed E-state index contributed by atoms with van der Waals surface area (Å²) in [5, 5.41) is 9.90. The van der Waals surface area contributed by atoms with Gasteiger partial charge in [-0.05, 0) is 37.6 Å². The number of aryl methyl sites for hydroxylation is 1. The lowest BCUT2D eigenvalue weighted by Gasteiger charge is -2.11. The van der Waals surface area contributed by atoms with Crippen molar-refractivity contribution in [1.29, 1.82) is 0 Å². The lowest BCUT2D eigenvalue weighted by Crippen LogP contribution is -2.29. The van der Waals surface area contributed by atoms with Crippen LogP contribution in [-0.2, 0) is 6.54 Å². The van der Waals surface area contributed by atoms with Crippen LogP contribution in [0.1, 0.15) is 36.3 Å². The summed E-state index contributed by atoms with van der Waals surface area (Å²) in [6.07, 6.45) is 0.720. The summed E-state index contributed by atoms with van der Waals surface area (Å²) in [5.41, 5.74) is 3.62. The molecule has 0 aliphatic heterocycles. The number of amides is 1. The van der Waals surface area contributed by atoms with Gasteiger partial charge in [0.2, 0.25) is 0 Å². The van der Waals surface area contributed by atoms with Crippen molar-refractivity contribution in [2.24, 2.45) is 5.10 Å². The topological polar surface area (TPSA) is 85.6 Å². The minimum absolute atomic E-state index is 0.142. The zero-order valence-electron chi connectivity index (χ0n) is 16.4. The molecule has 1 N–H and O–H groups in total. The third-order valence-electron chi connectivity index (χ3n) is 4.39. The smallest absolute Gasteiger partial charge is 0.292 e. The molecule has 0 unspecified atom stereocenters. The number of aromatic nitrogens is 2. The van der Waals surface area contributed by atoms with Crippen molar-refractivity contribution in [2.75, 3.05) is 7.11 Å². The van der Waals surface area contributed by atoms with Gasteiger partial charge in [0, 0.05) is 22.5 Å². The highest BCUT2D eigenvalue weighted by Crippen LogP contribution is 2.23. The largest absolute Gasteiger partial charge is 0.496 e. The molecule has 8 heteroatoms. The summed E-state index contributed by atoms with van der Waals surface area (Å²) < 4.78 is 6.64. The van der Waals surface area contributed by atoms with Crippen molar-refractivity contribution < 1.29 is 9.53 Å². The molecule has 0 aliphatic carbocycles. The lowest BCUT2D eigenvalue weighted by molar-refractivity contribution is 0.0949. The van der Waals surface area contributed by atoms with Crippen LogP contribution in [0.2, 0.25) is 5.02 Å². The highest BCUT2D eigenvalue weighted by atomic mass is 35.5. The number of benzene rings is 2. The lowest BCUT2D eigenvalue weighted by atomic mass is 10.1. The van der Waals surface area contributed by atoms with Gasteiger partial charge in [-0.2, -0.15) is 10.2 Å². The van der Waals surface area contributed by atoms with Crippen LogP contribution in [0, 0.1) is 0 Å². The Morgan fingerprint density at radius 3 is 2.66 bits per heavy atom. The third-order valence-corrected chi connectivity index (χ3v) is 4.63. The molecule has 2 aromatic carbocycles. The molecule has 0 aliphatic rings. The zero-order valence-corrected chi connectivity index (χ0v) is 17.2. The quantitative estimate of drug-likeness (QED) is 0.495. The monoisotopic (exact) mass is 412 g/mol. The Kier molecular flexibility index (Phi) is 6.29. The molecule has 7 nitrogen and oxygen atoms in total. The highest BCUT2D eigenvalue weighted by molar-refractivity contribution is 6.31. The Hall–Kier alpha value is -3.19. The first-order valence-electron chi connectivity index (χ1n) is 9.14. The number of nitrogens with one attached hydrogen (secondary N) is 1. The number of ether oxygens (including phenoxy) is 1. The van der Waals surface area contributed by atoms with Gasteiger partial charge in [0.1, 0.15) is 5.75 Å². The van der Waals surface area contributed by atoms with Gasteiger partial charge in [-0.15, -0.1) is 0 Å². The molecule has 150 valence electrons. The molecule has 0 fully saturated rings. The predicted molar refractivity (Wildman–Crippen MR) is 114 cm³/mol. The number of methoxy groups -OCH3 is 1. The predicted octanol–water partition coefficient (Wildman–Crippen LogP) is 3.62. The molecular formula is C21H21ClN4O3. The number of hydrogen-bond donors (Lipinski definition) is 1. The summed E-state index contributed by atoms with van der Waals surface area (Å²) in [5.74, 6) is 0.0800. The van der Waals surface area contributed by atoms with E-state index in [0.29, 0.717) is 39.4 Å². The van der Waals surface area contributed by atoms with Crippen molar-refractivity contribution in [3.63, 3.8) is 0 Å². The maximum atomic E-state index is 12.8. The first-order valence-corrected chi connectivity index (χ1v) is 9.52. The summed E-state index contributed by atoms with van der Waals surface area (Å²) in [6.45, 7) is 4.10. The highest BCUT2D eigenvalue weighted by Gasteiger charge is 2.16. The molecule has 1 amide bonds. The van der Waals surface area contributed by atoms with Crippen LogP contribution in [0.15, 0.2) is 52.4 Å². The minimum Gasteiger partial charge on any atom is -0.496 e. The number of fused-ring (bicyclic) bond motifs is 1. The molecule has 1 aromatic heterocycles. The van der Waals surface area contributed by atoms with Gasteiger partial charge < -0.3 is 4.74 Å². The second kappa shape index (κ2) is 8.87. The van der Waals surface area contributed by atoms with E-state index in [-0.39, 0.29) is 11.3 Å². The number of carbonyl (C=O) groups is 1. The van der Waals surface area contributed by atoms with E-state index < -0.39 is 5.91 Å². The number of rotatable bonds is 6. The summed E-state index contributed by atoms with van der Waals surface area (Å²) in [7, 11) is 1.55. The molecule has 0 atom stereocenters. The number of carbonyl (C=O) groups excluding carboxylic acids is 1. The molecule has 0 saturated heterocycles. The maximum Gasteiger partial charge on any atom is 0.292 e. The molecule has 3 aromatic rings. The Labute approximate surface area is 172 Å². The second-order valence-electron chi connectivity index (χ2n) is 6.41. The number of hydrazone groups is 1. The van der Waals surface area contributed by atoms with E-state index in [9.17, 15) is 9.59 Å². The summed E-state index contributed by atoms with van der Waals surface area (Å²) >= 11 is 6.06. The van der Waals surface area contributed by atoms with Gasteiger partial charge in [-0.25, -0.2) is 10.1 Å². The summed E-state index contributed by atoms with van der Waals surface area (Å²) in [4.78, 5) is 25.4. The van der Waals surface area contributed by atoms with E-state index >= 15 is 0 Å². The van der Waals surface area contributed by atoms with Crippen LogP contribution in [0.25, 0.3) is 10.8 Å². The maximum absolute atomic E-state index is 12.8. The average Bonchev–Trinajstić information content (AvgIpc) is 2.74. The zero-order chi connectivity index (χ0) is 21.0. The minimum atomic E-state index is -0.508. The van der Waals surface area contributed by atoms with Crippen LogP contribution in [0.5, 0.6) is 5.75 Å². The SMILES string of the molecule is CCCn1nc(C(=O)N/N=C(/C)c2cc(Cl)ccc2OC)c2ccccc2c1=O. The van der Waals surface area contributed by atoms with E-state index in [1.54, 1.807) is 56.5 Å². The first-order chi connectivity index (χ1) is 14.0. The molecular weight excluding hydrogens is 392 g/mol. The van der Waals surface area contributed by atoms with Crippen molar-refractivity contribution in [3.05, 3.63) is 69.1 Å². The Morgan fingerprint density at radius 2 is 1.97 bits per heavy atom. The van der Waals surface area contributed by atoms with Gasteiger partial charge in [-0.3, -0.25) is 9.59 Å². The molecule has 0 spiro atoms. The van der Waals surface area contributed by atoms with Crippen LogP contribution in [-0.4, -0.2) is 28.5 Å². The van der Waals surface area contributed by atoms with E-state index in [2.05, 4.69) is 15.6 Å². The standard InChI is InChI=1S/C21H21ClN4O3/c1-4-11-26-21(28)16-8-6-5-7-15(16)19(25-26)20(27)24-23-13(2)17-12-14(22)9-10-18(17)29-3/h5-10,12H,4,11H2,1-3H3,(H,24,27)/b23-13-. The third kappa shape index (κ3) is 4.30. The van der Waals surface area contributed by atoms with Crippen LogP contribution >= 0.6 is 11.6 Å². The molecule has 0 radical (unpaired) electrons. The fourth-order valence-corrected chi connectivity index (χ4v) is 3.15. The van der Waals surface area contributed by atoms with Crippen LogP contribution in [0.3, 0.4) is 0 Å². The Balaban J connectivity index is 1.98. The van der Waals surface area contributed by atoms with Gasteiger partial charge in [-0.1, -0.05) is 36.7 Å². The van der Waals surface area contributed by atoms with E-state index in [1.165, 1.54) is 4.68 Å². The van der Waals surface area contributed by atoms with Crippen molar-refractivity contribution in [1.82, 2.24) is 15.2 Å². The van der Waals surface area contributed by atoms with E-state index in [4.69, 9.17) is 16.3 Å². The normalized spacial score (nSPS) is 11.5. The van der Waals surface area contributed by atoms with Crippen molar-refractivity contribution in [3.8, 4) is 5.75 Å². The number of halogens is 1. The fraction of sp³-hybridized carbons (Fsp3) is 0.238. The van der Waals surface area contributed by atoms with Crippen molar-refractivity contribution in [2.45, 2.75) is 26.8 Å². The summed E-state index contributed by atoms with van der Waals surface area (Å²) in [6, 6.07) is 12.1. The average molecular weight is 413 g/mol. The Morgan fingerprint density at radius 1 is 1.24 bits per heavy atom. The molecule has 0 bridgehead atoms. The van der Waals surface area contributed by atoms with E-state index in [0.717, 1.165) is 6.42 Å². The second-order valence-corrected chi connectivity index (χ2v) is 6.84. The van der Waals surface area contributed by atoms with Crippen LogP contribution in [0.4, 0.5) is 0 Å². The number of nitrogens with zero attached hydrogens (tertiary/aromatic N) is 3. The van der Waals surface area contributed by atoms with E-state index in [1.807, 2.05) is 6.92 Å².